The number of hydrogen-bond acceptors (Lipinski definition) is 0. The van der Waals surface area contributed by atoms with Gasteiger partial charge in [0.1, 0.15) is 0 Å². The maximum Gasteiger partial charge on any atom is -0.00259 e. The lowest BCUT2D eigenvalue weighted by Gasteiger charge is -2.19. The van der Waals surface area contributed by atoms with Crippen molar-refractivity contribution in [1.82, 2.24) is 0 Å². The molecule has 10 aromatic carbocycles. The molecular weight excluding hydrogens is 625 g/mol. The second kappa shape index (κ2) is 12.5. The highest BCUT2D eigenvalue weighted by atomic mass is 14.2. The normalized spacial score (nSPS) is 11.5. The molecule has 0 heteroatoms. The minimum atomic E-state index is 1.21. The fourth-order valence-corrected chi connectivity index (χ4v) is 8.22. The number of fused-ring (bicyclic) bond motifs is 4. The van der Waals surface area contributed by atoms with E-state index in [-0.39, 0.29) is 0 Å². The number of rotatable bonds is 5. The van der Waals surface area contributed by atoms with E-state index in [9.17, 15) is 0 Å². The van der Waals surface area contributed by atoms with Crippen LogP contribution in [-0.4, -0.2) is 0 Å². The van der Waals surface area contributed by atoms with Gasteiger partial charge in [0.25, 0.3) is 0 Å². The average Bonchev–Trinajstić information content (AvgIpc) is 3.22. The van der Waals surface area contributed by atoms with E-state index in [2.05, 4.69) is 206 Å². The molecule has 0 aliphatic rings. The molecule has 242 valence electrons. The van der Waals surface area contributed by atoms with Crippen molar-refractivity contribution in [3.05, 3.63) is 206 Å². The third kappa shape index (κ3) is 5.08. The molecule has 0 radical (unpaired) electrons. The van der Waals surface area contributed by atoms with Gasteiger partial charge in [0, 0.05) is 0 Å². The summed E-state index contributed by atoms with van der Waals surface area (Å²) in [5.74, 6) is 0. The Labute approximate surface area is 303 Å². The van der Waals surface area contributed by atoms with E-state index in [1.807, 2.05) is 0 Å². The largest absolute Gasteiger partial charge is 0.0622 e. The third-order valence-electron chi connectivity index (χ3n) is 10.7. The summed E-state index contributed by atoms with van der Waals surface area (Å²) in [5, 5.41) is 10.1. The summed E-state index contributed by atoms with van der Waals surface area (Å²) < 4.78 is 0. The van der Waals surface area contributed by atoms with Crippen molar-refractivity contribution in [2.45, 2.75) is 0 Å². The minimum absolute atomic E-state index is 1.21. The van der Waals surface area contributed by atoms with Gasteiger partial charge in [0.05, 0.1) is 0 Å². The van der Waals surface area contributed by atoms with Crippen molar-refractivity contribution >= 4 is 43.1 Å². The van der Waals surface area contributed by atoms with Gasteiger partial charge in [-0.2, -0.15) is 0 Å². The summed E-state index contributed by atoms with van der Waals surface area (Å²) in [6, 6.07) is 75.6. The Morgan fingerprint density at radius 1 is 0.192 bits per heavy atom. The van der Waals surface area contributed by atoms with Crippen LogP contribution in [0.2, 0.25) is 0 Å². The van der Waals surface area contributed by atoms with E-state index < -0.39 is 0 Å². The molecule has 52 heavy (non-hydrogen) atoms. The summed E-state index contributed by atoms with van der Waals surface area (Å²) in [5.41, 5.74) is 12.4. The van der Waals surface area contributed by atoms with Gasteiger partial charge in [-0.3, -0.25) is 0 Å². The topological polar surface area (TPSA) is 0 Å². The molecule has 0 N–H and O–H groups in total. The zero-order valence-corrected chi connectivity index (χ0v) is 28.6. The van der Waals surface area contributed by atoms with Gasteiger partial charge in [0.15, 0.2) is 0 Å². The number of hydrogen-bond donors (Lipinski definition) is 0. The molecule has 0 saturated carbocycles. The molecule has 0 amide bonds. The van der Waals surface area contributed by atoms with Crippen LogP contribution in [0, 0.1) is 0 Å². The second-order valence-corrected chi connectivity index (χ2v) is 13.6. The predicted octanol–water partition coefficient (Wildman–Crippen LogP) is 14.6. The fraction of sp³-hybridized carbons (Fsp3) is 0. The molecule has 0 heterocycles. The van der Waals surface area contributed by atoms with Gasteiger partial charge in [0.2, 0.25) is 0 Å². The zero-order valence-electron chi connectivity index (χ0n) is 28.6. The van der Waals surface area contributed by atoms with E-state index in [1.54, 1.807) is 0 Å². The quantitative estimate of drug-likeness (QED) is 0.161. The molecule has 0 aliphatic heterocycles. The lowest BCUT2D eigenvalue weighted by Crippen LogP contribution is -1.92. The highest BCUT2D eigenvalue weighted by molar-refractivity contribution is 6.22. The zero-order chi connectivity index (χ0) is 34.4. The molecular formula is C52H34. The van der Waals surface area contributed by atoms with Gasteiger partial charge in [-0.05, 0) is 111 Å². The van der Waals surface area contributed by atoms with Crippen molar-refractivity contribution in [3.8, 4) is 55.6 Å². The van der Waals surface area contributed by atoms with Crippen molar-refractivity contribution in [1.29, 1.82) is 0 Å². The SMILES string of the molecule is c1ccc(-c2ccc3c(-c4ccc(-c5cccc6ccccc56)cc4)c4ccccc4c(-c4cccc(-c5cccc6ccccc56)c4)c3c2)cc1. The Morgan fingerprint density at radius 2 is 0.635 bits per heavy atom. The molecule has 0 atom stereocenters. The Morgan fingerprint density at radius 3 is 1.31 bits per heavy atom. The van der Waals surface area contributed by atoms with Crippen LogP contribution in [0.15, 0.2) is 206 Å². The molecule has 0 nitrogen and oxygen atoms in total. The van der Waals surface area contributed by atoms with Crippen molar-refractivity contribution in [3.63, 3.8) is 0 Å². The molecule has 0 aromatic heterocycles. The average molecular weight is 659 g/mol. The lowest BCUT2D eigenvalue weighted by molar-refractivity contribution is 1.61. The summed E-state index contributed by atoms with van der Waals surface area (Å²) in [4.78, 5) is 0. The highest BCUT2D eigenvalue weighted by Crippen LogP contribution is 2.46. The van der Waals surface area contributed by atoms with Crippen LogP contribution in [-0.2, 0) is 0 Å². The van der Waals surface area contributed by atoms with Crippen molar-refractivity contribution < 1.29 is 0 Å². The first-order valence-electron chi connectivity index (χ1n) is 18.0. The summed E-state index contributed by atoms with van der Waals surface area (Å²) >= 11 is 0. The van der Waals surface area contributed by atoms with E-state index in [0.717, 1.165) is 0 Å². The molecule has 0 bridgehead atoms. The van der Waals surface area contributed by atoms with E-state index in [0.29, 0.717) is 0 Å². The molecule has 0 fully saturated rings. The van der Waals surface area contributed by atoms with E-state index in [4.69, 9.17) is 0 Å². The minimum Gasteiger partial charge on any atom is -0.0622 e. The van der Waals surface area contributed by atoms with Gasteiger partial charge < -0.3 is 0 Å². The molecule has 0 spiro atoms. The molecule has 10 aromatic rings. The van der Waals surface area contributed by atoms with Crippen molar-refractivity contribution in [2.24, 2.45) is 0 Å². The Kier molecular flexibility index (Phi) is 7.25. The summed E-state index contributed by atoms with van der Waals surface area (Å²) in [7, 11) is 0. The van der Waals surface area contributed by atoms with Crippen LogP contribution in [0.4, 0.5) is 0 Å². The monoisotopic (exact) mass is 658 g/mol. The third-order valence-corrected chi connectivity index (χ3v) is 10.7. The first-order chi connectivity index (χ1) is 25.8. The second-order valence-electron chi connectivity index (χ2n) is 13.6. The number of benzene rings is 10. The van der Waals surface area contributed by atoms with Gasteiger partial charge >= 0.3 is 0 Å². The fourth-order valence-electron chi connectivity index (χ4n) is 8.22. The van der Waals surface area contributed by atoms with E-state index in [1.165, 1.54) is 98.7 Å². The molecule has 0 aliphatic carbocycles. The highest BCUT2D eigenvalue weighted by Gasteiger charge is 2.18. The lowest BCUT2D eigenvalue weighted by atomic mass is 9.84. The summed E-state index contributed by atoms with van der Waals surface area (Å²) in [6.45, 7) is 0. The molecule has 0 saturated heterocycles. The van der Waals surface area contributed by atoms with E-state index >= 15 is 0 Å². The van der Waals surface area contributed by atoms with Crippen LogP contribution >= 0.6 is 0 Å². The van der Waals surface area contributed by atoms with Crippen LogP contribution in [0.5, 0.6) is 0 Å². The molecule has 10 rings (SSSR count). The Balaban J connectivity index is 1.22. The Bertz CT molecular complexity index is 2920. The Hall–Kier alpha value is -6.76. The maximum absolute atomic E-state index is 2.41. The predicted molar refractivity (Wildman–Crippen MR) is 224 cm³/mol. The van der Waals surface area contributed by atoms with Crippen LogP contribution in [0.25, 0.3) is 98.7 Å². The standard InChI is InChI=1S/C52H34/c1-2-13-35(14-3-1)40-31-32-49-50(34-40)52(42-20-10-19-41(33-42)46-26-12-18-37-16-5-7-22-44(37)46)48-24-9-8-23-47(48)51(49)39-29-27-38(28-30-39)45-25-11-17-36-15-4-6-21-43(36)45/h1-34H. The van der Waals surface area contributed by atoms with Crippen LogP contribution in [0.3, 0.4) is 0 Å². The first-order valence-corrected chi connectivity index (χ1v) is 18.0. The maximum atomic E-state index is 2.41. The van der Waals surface area contributed by atoms with Crippen LogP contribution in [0.1, 0.15) is 0 Å². The van der Waals surface area contributed by atoms with Gasteiger partial charge in [-0.25, -0.2) is 0 Å². The van der Waals surface area contributed by atoms with Crippen LogP contribution < -0.4 is 0 Å². The first kappa shape index (κ1) is 30.1. The van der Waals surface area contributed by atoms with Crippen molar-refractivity contribution in [2.75, 3.05) is 0 Å². The smallest absolute Gasteiger partial charge is 0.00259 e. The summed E-state index contributed by atoms with van der Waals surface area (Å²) in [6.07, 6.45) is 0. The van der Waals surface area contributed by atoms with Gasteiger partial charge in [-0.15, -0.1) is 0 Å². The van der Waals surface area contributed by atoms with Gasteiger partial charge in [-0.1, -0.05) is 194 Å². The molecule has 0 unspecified atom stereocenters.